The molecule has 32 heavy (non-hydrogen) atoms. The third kappa shape index (κ3) is 9.92. The van der Waals surface area contributed by atoms with Gasteiger partial charge in [0.25, 0.3) is 0 Å². The Morgan fingerprint density at radius 2 is 1.72 bits per heavy atom. The lowest BCUT2D eigenvalue weighted by atomic mass is 10.1. The van der Waals surface area contributed by atoms with Crippen LogP contribution in [0.3, 0.4) is 0 Å². The smallest absolute Gasteiger partial charge is 0.326 e. The fraction of sp³-hybridized carbons (Fsp3) is 0.476. The zero-order valence-corrected chi connectivity index (χ0v) is 17.9. The number of hydrogen-bond donors (Lipinski definition) is 6. The van der Waals surface area contributed by atoms with Crippen molar-refractivity contribution in [3.05, 3.63) is 29.8 Å². The molecule has 176 valence electrons. The molecule has 2 amide bonds. The predicted molar refractivity (Wildman–Crippen MR) is 115 cm³/mol. The van der Waals surface area contributed by atoms with E-state index in [2.05, 4.69) is 10.6 Å². The van der Waals surface area contributed by atoms with E-state index < -0.39 is 42.3 Å². The first-order valence-corrected chi connectivity index (χ1v) is 10.3. The molecular formula is C21H30N4O7. The number of nitrogens with one attached hydrogen (secondary N) is 3. The number of hydrogen-bond acceptors (Lipinski definition) is 6. The summed E-state index contributed by atoms with van der Waals surface area (Å²) < 4.78 is 5.49. The van der Waals surface area contributed by atoms with Gasteiger partial charge in [-0.15, -0.1) is 0 Å². The van der Waals surface area contributed by atoms with Crippen LogP contribution in [0.4, 0.5) is 0 Å². The molecule has 0 heterocycles. The Hall–Kier alpha value is -3.63. The molecule has 1 aromatic rings. The van der Waals surface area contributed by atoms with E-state index >= 15 is 0 Å². The van der Waals surface area contributed by atoms with E-state index in [9.17, 15) is 24.3 Å². The van der Waals surface area contributed by atoms with E-state index in [1.807, 2.05) is 6.92 Å². The minimum absolute atomic E-state index is 0.0207. The molecule has 0 unspecified atom stereocenters. The number of amides is 2. The van der Waals surface area contributed by atoms with Crippen molar-refractivity contribution in [3.63, 3.8) is 0 Å². The van der Waals surface area contributed by atoms with Crippen molar-refractivity contribution in [3.8, 4) is 5.75 Å². The van der Waals surface area contributed by atoms with Gasteiger partial charge in [0.2, 0.25) is 11.8 Å². The quantitative estimate of drug-likeness (QED) is 0.129. The number of ether oxygens (including phenoxy) is 1. The summed E-state index contributed by atoms with van der Waals surface area (Å²) in [5, 5.41) is 30.2. The van der Waals surface area contributed by atoms with E-state index in [0.29, 0.717) is 24.2 Å². The Morgan fingerprint density at radius 3 is 2.25 bits per heavy atom. The van der Waals surface area contributed by atoms with Crippen molar-refractivity contribution in [2.24, 2.45) is 5.73 Å². The first-order chi connectivity index (χ1) is 15.1. The second kappa shape index (κ2) is 13.6. The number of rotatable bonds is 15. The lowest BCUT2D eigenvalue weighted by Crippen LogP contribution is -2.52. The molecule has 0 saturated carbocycles. The van der Waals surface area contributed by atoms with Gasteiger partial charge in [0.15, 0.2) is 0 Å². The van der Waals surface area contributed by atoms with Crippen LogP contribution in [0.5, 0.6) is 5.75 Å². The number of nitrogen functional groups attached to an aromatic ring is 1. The van der Waals surface area contributed by atoms with Gasteiger partial charge in [-0.1, -0.05) is 19.8 Å². The molecule has 0 aliphatic heterocycles. The molecule has 7 N–H and O–H groups in total. The first kappa shape index (κ1) is 26.4. The van der Waals surface area contributed by atoms with Crippen molar-refractivity contribution in [2.75, 3.05) is 6.61 Å². The number of carboxylic acids is 2. The second-order valence-electron chi connectivity index (χ2n) is 7.15. The normalized spacial score (nSPS) is 12.3. The average molecular weight is 450 g/mol. The number of nitrogens with two attached hydrogens (primary N) is 1. The Morgan fingerprint density at radius 1 is 1.06 bits per heavy atom. The maximum Gasteiger partial charge on any atom is 0.326 e. The number of benzene rings is 1. The molecule has 11 nitrogen and oxygen atoms in total. The summed E-state index contributed by atoms with van der Waals surface area (Å²) in [6.07, 6.45) is 1.12. The van der Waals surface area contributed by atoms with Crippen molar-refractivity contribution < 1.29 is 34.1 Å². The lowest BCUT2D eigenvalue weighted by Gasteiger charge is -2.20. The number of unbranched alkanes of at least 4 members (excludes halogenated alkanes) is 1. The minimum atomic E-state index is -1.39. The highest BCUT2D eigenvalue weighted by Crippen LogP contribution is 2.12. The van der Waals surface area contributed by atoms with Crippen LogP contribution in [-0.2, 0) is 19.2 Å². The Labute approximate surface area is 185 Å². The largest absolute Gasteiger partial charge is 0.494 e. The summed E-state index contributed by atoms with van der Waals surface area (Å²) in [5.74, 6) is -3.46. The van der Waals surface area contributed by atoms with Gasteiger partial charge in [0, 0.05) is 12.0 Å². The summed E-state index contributed by atoms with van der Waals surface area (Å²) >= 11 is 0. The molecule has 11 heteroatoms. The van der Waals surface area contributed by atoms with Crippen molar-refractivity contribution in [1.82, 2.24) is 10.6 Å². The zero-order valence-electron chi connectivity index (χ0n) is 17.9. The Bertz CT molecular complexity index is 811. The molecular weight excluding hydrogens is 420 g/mol. The number of carbonyl (C=O) groups is 4. The average Bonchev–Trinajstić information content (AvgIpc) is 2.73. The van der Waals surface area contributed by atoms with Gasteiger partial charge in [-0.05, 0) is 37.1 Å². The van der Waals surface area contributed by atoms with Crippen LogP contribution in [0, 0.1) is 5.41 Å². The van der Waals surface area contributed by atoms with Crippen molar-refractivity contribution in [1.29, 1.82) is 5.41 Å². The summed E-state index contributed by atoms with van der Waals surface area (Å²) in [6.45, 7) is 2.07. The Kier molecular flexibility index (Phi) is 11.2. The van der Waals surface area contributed by atoms with Crippen LogP contribution in [0.2, 0.25) is 0 Å². The number of carbonyl (C=O) groups excluding carboxylic acids is 2. The molecule has 1 aromatic carbocycles. The van der Waals surface area contributed by atoms with Gasteiger partial charge in [-0.25, -0.2) is 4.79 Å². The maximum absolute atomic E-state index is 12.4. The number of carboxylic acid groups (broad SMARTS) is 2. The first-order valence-electron chi connectivity index (χ1n) is 10.3. The number of aliphatic carboxylic acids is 2. The van der Waals surface area contributed by atoms with Crippen molar-refractivity contribution in [2.45, 2.75) is 57.5 Å². The third-order valence-corrected chi connectivity index (χ3v) is 4.47. The molecule has 0 bridgehead atoms. The molecule has 0 fully saturated rings. The second-order valence-corrected chi connectivity index (χ2v) is 7.15. The topological polar surface area (TPSA) is 192 Å². The summed E-state index contributed by atoms with van der Waals surface area (Å²) in [6, 6.07) is 4.00. The molecule has 1 rings (SSSR count). The van der Waals surface area contributed by atoms with Gasteiger partial charge in [0.05, 0.1) is 13.0 Å². The van der Waals surface area contributed by atoms with E-state index in [4.69, 9.17) is 21.0 Å². The molecule has 0 aliphatic rings. The molecule has 0 aliphatic carbocycles. The minimum Gasteiger partial charge on any atom is -0.494 e. The van der Waals surface area contributed by atoms with Crippen LogP contribution in [-0.4, -0.2) is 58.5 Å². The third-order valence-electron chi connectivity index (χ3n) is 4.47. The van der Waals surface area contributed by atoms with Crippen LogP contribution in [0.15, 0.2) is 24.3 Å². The summed E-state index contributed by atoms with van der Waals surface area (Å²) in [7, 11) is 0. The highest BCUT2D eigenvalue weighted by Gasteiger charge is 2.27. The zero-order chi connectivity index (χ0) is 24.1. The van der Waals surface area contributed by atoms with Crippen molar-refractivity contribution >= 4 is 29.6 Å². The van der Waals surface area contributed by atoms with E-state index in [1.54, 1.807) is 24.3 Å². The molecule has 0 radical (unpaired) electrons. The number of amidine groups is 1. The van der Waals surface area contributed by atoms with E-state index in [-0.39, 0.29) is 25.3 Å². The van der Waals surface area contributed by atoms with Gasteiger partial charge in [-0.2, -0.15) is 0 Å². The maximum atomic E-state index is 12.4. The standard InChI is InChI=1S/C21H30N4O7/c1-2-3-5-15(21(30)31)25-20(29)16(12-18(27)28)24-17(26)6-4-11-32-14-9-7-13(8-10-14)19(22)23/h7-10,15-16H,2-6,11-12H2,1H3,(H3,22,23)(H,24,26)(H,25,29)(H,27,28)(H,30,31)/t15-,16-/m0/s1. The van der Waals surface area contributed by atoms with Crippen LogP contribution < -0.4 is 21.1 Å². The van der Waals surface area contributed by atoms with E-state index in [1.165, 1.54) is 0 Å². The van der Waals surface area contributed by atoms with E-state index in [0.717, 1.165) is 6.42 Å². The van der Waals surface area contributed by atoms with Gasteiger partial charge in [0.1, 0.15) is 23.7 Å². The van der Waals surface area contributed by atoms with Gasteiger partial charge >= 0.3 is 11.9 Å². The monoisotopic (exact) mass is 450 g/mol. The lowest BCUT2D eigenvalue weighted by molar-refractivity contribution is -0.143. The Balaban J connectivity index is 2.54. The molecule has 0 saturated heterocycles. The molecule has 2 atom stereocenters. The van der Waals surface area contributed by atoms with Gasteiger partial charge < -0.3 is 31.3 Å². The highest BCUT2D eigenvalue weighted by atomic mass is 16.5. The summed E-state index contributed by atoms with van der Waals surface area (Å²) in [4.78, 5) is 46.9. The fourth-order valence-corrected chi connectivity index (χ4v) is 2.74. The van der Waals surface area contributed by atoms with Gasteiger partial charge in [-0.3, -0.25) is 19.8 Å². The highest BCUT2D eigenvalue weighted by molar-refractivity contribution is 5.95. The van der Waals surface area contributed by atoms with Crippen LogP contribution >= 0.6 is 0 Å². The molecule has 0 aromatic heterocycles. The predicted octanol–water partition coefficient (Wildman–Crippen LogP) is 0.849. The summed E-state index contributed by atoms with van der Waals surface area (Å²) in [5.41, 5.74) is 5.93. The van der Waals surface area contributed by atoms with Crippen LogP contribution in [0.1, 0.15) is 51.0 Å². The fourth-order valence-electron chi connectivity index (χ4n) is 2.74. The SMILES string of the molecule is CCCC[C@H](NC(=O)[C@H](CC(=O)O)NC(=O)CCCOc1ccc(C(=N)N)cc1)C(=O)O. The molecule has 0 spiro atoms. The van der Waals surface area contributed by atoms with Crippen LogP contribution in [0.25, 0.3) is 0 Å².